The van der Waals surface area contributed by atoms with E-state index in [1.165, 1.54) is 16.7 Å². The number of H-pyrrole nitrogens is 1. The summed E-state index contributed by atoms with van der Waals surface area (Å²) in [6.45, 7) is 3.90. The van der Waals surface area contributed by atoms with Gasteiger partial charge in [-0.25, -0.2) is 14.3 Å². The van der Waals surface area contributed by atoms with Crippen LogP contribution in [0, 0.1) is 12.3 Å². The Morgan fingerprint density at radius 3 is 2.29 bits per heavy atom. The number of fused-ring (bicyclic) bond motifs is 1. The van der Waals surface area contributed by atoms with Gasteiger partial charge < -0.3 is 14.0 Å². The van der Waals surface area contributed by atoms with Crippen LogP contribution >= 0.6 is 7.60 Å². The summed E-state index contributed by atoms with van der Waals surface area (Å²) >= 11 is 0. The van der Waals surface area contributed by atoms with Gasteiger partial charge in [-0.15, -0.1) is 6.42 Å². The lowest BCUT2D eigenvalue weighted by Gasteiger charge is -2.17. The summed E-state index contributed by atoms with van der Waals surface area (Å²) in [6.07, 6.45) is 2.66. The number of alkyl halides is 3. The lowest BCUT2D eigenvalue weighted by atomic mass is 10.1. The lowest BCUT2D eigenvalue weighted by Crippen LogP contribution is -2.40. The van der Waals surface area contributed by atoms with Crippen molar-refractivity contribution < 1.29 is 26.8 Å². The molecule has 1 N–H and O–H groups in total. The highest BCUT2D eigenvalue weighted by molar-refractivity contribution is 7.53. The maximum Gasteiger partial charge on any atom is 0.416 e. The van der Waals surface area contributed by atoms with E-state index < -0.39 is 30.6 Å². The summed E-state index contributed by atoms with van der Waals surface area (Å²) in [5.74, 6) is 2.71. The Kier molecular flexibility index (Phi) is 9.77. The SMILES string of the molecule is C#CCn1c(=O)c2[nH]c(CCc3ccc(C(F)(F)F)cc3)nc2n(CCCCP(=O)(OCC)OCC)c1=O. The third-order valence-corrected chi connectivity index (χ3v) is 7.97. The van der Waals surface area contributed by atoms with E-state index in [-0.39, 0.29) is 43.6 Å². The highest BCUT2D eigenvalue weighted by Crippen LogP contribution is 2.48. The van der Waals surface area contributed by atoms with E-state index in [1.54, 1.807) is 13.8 Å². The Hall–Kier alpha value is -3.13. The molecule has 1 aromatic carbocycles. The Bertz CT molecular complexity index is 1440. The third kappa shape index (κ3) is 7.04. The Labute approximate surface area is 217 Å². The van der Waals surface area contributed by atoms with Gasteiger partial charge in [-0.05, 0) is 50.8 Å². The van der Waals surface area contributed by atoms with E-state index in [2.05, 4.69) is 15.9 Å². The monoisotopic (exact) mass is 554 g/mol. The van der Waals surface area contributed by atoms with Gasteiger partial charge in [0.25, 0.3) is 5.56 Å². The first-order valence-corrected chi connectivity index (χ1v) is 14.0. The number of nitrogens with zero attached hydrogens (tertiary/aromatic N) is 3. The van der Waals surface area contributed by atoms with Crippen molar-refractivity contribution >= 4 is 18.8 Å². The summed E-state index contributed by atoms with van der Waals surface area (Å²) in [7, 11) is -3.23. The number of halogens is 3. The van der Waals surface area contributed by atoms with E-state index in [9.17, 15) is 27.3 Å². The van der Waals surface area contributed by atoms with Gasteiger partial charge in [-0.2, -0.15) is 13.2 Å². The fourth-order valence-corrected chi connectivity index (χ4v) is 5.75. The minimum Gasteiger partial charge on any atom is -0.336 e. The molecule has 0 spiro atoms. The molecule has 2 aromatic heterocycles. The molecule has 3 aromatic rings. The second-order valence-electron chi connectivity index (χ2n) is 8.48. The van der Waals surface area contributed by atoms with Crippen LogP contribution in [-0.4, -0.2) is 38.5 Å². The standard InChI is InChI=1S/C25H30F3N4O5P/c1-4-15-32-23(33)21-22(31(24(32)34)16-7-8-17-38(35,36-5-2)37-6-3)30-20(29-21)14-11-18-9-12-19(13-10-18)25(26,27)28/h1,9-10,12-13H,5-8,11,14-17H2,2-3H3,(H,29,30). The van der Waals surface area contributed by atoms with Crippen molar-refractivity contribution in [2.45, 2.75) is 58.8 Å². The van der Waals surface area contributed by atoms with Crippen molar-refractivity contribution in [2.24, 2.45) is 0 Å². The molecular formula is C25H30F3N4O5P. The van der Waals surface area contributed by atoms with E-state index in [0.29, 0.717) is 37.1 Å². The summed E-state index contributed by atoms with van der Waals surface area (Å²) in [5.41, 5.74) is -1.02. The molecular weight excluding hydrogens is 524 g/mol. The number of aromatic amines is 1. The normalized spacial score (nSPS) is 12.2. The molecule has 0 fully saturated rings. The lowest BCUT2D eigenvalue weighted by molar-refractivity contribution is -0.137. The van der Waals surface area contributed by atoms with Crippen LogP contribution in [0.3, 0.4) is 0 Å². The van der Waals surface area contributed by atoms with Crippen LogP contribution in [0.25, 0.3) is 11.2 Å². The Morgan fingerprint density at radius 2 is 1.71 bits per heavy atom. The second kappa shape index (κ2) is 12.6. The number of aromatic nitrogens is 4. The van der Waals surface area contributed by atoms with Crippen LogP contribution < -0.4 is 11.2 Å². The average molecular weight is 555 g/mol. The zero-order chi connectivity index (χ0) is 27.9. The van der Waals surface area contributed by atoms with Crippen LogP contribution in [0.4, 0.5) is 13.2 Å². The van der Waals surface area contributed by atoms with E-state index in [0.717, 1.165) is 16.7 Å². The summed E-state index contributed by atoms with van der Waals surface area (Å²) in [6, 6.07) is 4.81. The fraction of sp³-hybridized carbons (Fsp3) is 0.480. The molecule has 206 valence electrons. The van der Waals surface area contributed by atoms with Gasteiger partial charge in [0.05, 0.1) is 31.5 Å². The summed E-state index contributed by atoms with van der Waals surface area (Å²) in [5, 5.41) is 0. The molecule has 3 rings (SSSR count). The number of hydrogen-bond donors (Lipinski definition) is 1. The quantitative estimate of drug-likeness (QED) is 0.191. The first kappa shape index (κ1) is 29.4. The zero-order valence-corrected chi connectivity index (χ0v) is 22.1. The van der Waals surface area contributed by atoms with Crippen molar-refractivity contribution in [3.63, 3.8) is 0 Å². The topological polar surface area (TPSA) is 108 Å². The minimum atomic E-state index is -4.41. The highest BCUT2D eigenvalue weighted by Gasteiger charge is 2.30. The third-order valence-electron chi connectivity index (χ3n) is 5.81. The number of nitrogens with one attached hydrogen (secondary N) is 1. The van der Waals surface area contributed by atoms with Crippen LogP contribution in [0.5, 0.6) is 0 Å². The maximum absolute atomic E-state index is 13.1. The number of unbranched alkanes of at least 4 members (excludes halogenated alkanes) is 1. The Balaban J connectivity index is 1.83. The molecule has 9 nitrogen and oxygen atoms in total. The molecule has 2 heterocycles. The highest BCUT2D eigenvalue weighted by atomic mass is 31.2. The van der Waals surface area contributed by atoms with Crippen molar-refractivity contribution in [3.8, 4) is 12.3 Å². The number of rotatable bonds is 13. The van der Waals surface area contributed by atoms with Gasteiger partial charge in [0.15, 0.2) is 5.65 Å². The molecule has 0 saturated heterocycles. The first-order valence-electron chi connectivity index (χ1n) is 12.2. The van der Waals surface area contributed by atoms with E-state index in [1.807, 2.05) is 0 Å². The van der Waals surface area contributed by atoms with Crippen molar-refractivity contribution in [2.75, 3.05) is 19.4 Å². The molecule has 0 atom stereocenters. The number of hydrogen-bond acceptors (Lipinski definition) is 6. The predicted octanol–water partition coefficient (Wildman–Crippen LogP) is 4.37. The van der Waals surface area contributed by atoms with Crippen molar-refractivity contribution in [1.82, 2.24) is 19.1 Å². The molecule has 0 saturated carbocycles. The van der Waals surface area contributed by atoms with Crippen LogP contribution in [0.1, 0.15) is 43.6 Å². The van der Waals surface area contributed by atoms with Crippen molar-refractivity contribution in [3.05, 3.63) is 62.1 Å². The molecule has 38 heavy (non-hydrogen) atoms. The molecule has 0 aliphatic carbocycles. The molecule has 0 unspecified atom stereocenters. The van der Waals surface area contributed by atoms with Crippen molar-refractivity contribution in [1.29, 1.82) is 0 Å². The zero-order valence-electron chi connectivity index (χ0n) is 21.2. The number of terminal acetylenes is 1. The van der Waals surface area contributed by atoms with Gasteiger partial charge in [-0.3, -0.25) is 13.9 Å². The maximum atomic E-state index is 13.1. The molecule has 0 aliphatic rings. The largest absolute Gasteiger partial charge is 0.416 e. The fourth-order valence-electron chi connectivity index (χ4n) is 4.02. The summed E-state index contributed by atoms with van der Waals surface area (Å²) < 4.78 is 64.0. The molecule has 0 amide bonds. The van der Waals surface area contributed by atoms with Crippen LogP contribution in [0.2, 0.25) is 0 Å². The Morgan fingerprint density at radius 1 is 1.05 bits per heavy atom. The second-order valence-corrected chi connectivity index (χ2v) is 10.7. The first-order chi connectivity index (χ1) is 18.0. The molecule has 0 aliphatic heterocycles. The molecule has 13 heteroatoms. The smallest absolute Gasteiger partial charge is 0.336 e. The number of benzene rings is 1. The average Bonchev–Trinajstić information content (AvgIpc) is 3.29. The van der Waals surface area contributed by atoms with Gasteiger partial charge in [0.1, 0.15) is 11.3 Å². The van der Waals surface area contributed by atoms with Gasteiger partial charge in [0, 0.05) is 13.0 Å². The molecule has 0 radical (unpaired) electrons. The van der Waals surface area contributed by atoms with Gasteiger partial charge in [0.2, 0.25) is 0 Å². The van der Waals surface area contributed by atoms with Crippen LogP contribution in [0.15, 0.2) is 33.9 Å². The minimum absolute atomic E-state index is 0.108. The predicted molar refractivity (Wildman–Crippen MR) is 137 cm³/mol. The van der Waals surface area contributed by atoms with Gasteiger partial charge >= 0.3 is 19.5 Å². The van der Waals surface area contributed by atoms with E-state index in [4.69, 9.17) is 15.5 Å². The number of imidazole rings is 1. The molecule has 0 bridgehead atoms. The van der Waals surface area contributed by atoms with Crippen LogP contribution in [-0.2, 0) is 45.7 Å². The van der Waals surface area contributed by atoms with Gasteiger partial charge in [-0.1, -0.05) is 18.1 Å². The number of aryl methyl sites for hydroxylation is 3. The van der Waals surface area contributed by atoms with E-state index >= 15 is 0 Å². The summed E-state index contributed by atoms with van der Waals surface area (Å²) in [4.78, 5) is 33.4.